The molecule has 1 aromatic heterocycles. The molecule has 0 radical (unpaired) electrons. The van der Waals surface area contributed by atoms with Crippen LogP contribution >= 0.6 is 0 Å². The van der Waals surface area contributed by atoms with Crippen LogP contribution in [0.1, 0.15) is 34.6 Å². The molecule has 3 heteroatoms. The van der Waals surface area contributed by atoms with Gasteiger partial charge in [-0.2, -0.15) is 0 Å². The zero-order valence-corrected chi connectivity index (χ0v) is 10.2. The van der Waals surface area contributed by atoms with Gasteiger partial charge in [0.25, 0.3) is 0 Å². The molecule has 2 aromatic rings. The molecule has 0 saturated heterocycles. The smallest absolute Gasteiger partial charge is 0.0954 e. The van der Waals surface area contributed by atoms with Crippen molar-refractivity contribution in [3.63, 3.8) is 0 Å². The maximum atomic E-state index is 6.35. The third-order valence-corrected chi connectivity index (χ3v) is 3.90. The molecule has 0 fully saturated rings. The standard InChI is InChI=1S/C14H17N3/c1-9-10(2)17(8-16-9)13-7-11-5-3-4-6-12(11)14(13)15/h3-6,8,13-14H,7,15H2,1-2H3. The number of hydrogen-bond acceptors (Lipinski definition) is 2. The van der Waals surface area contributed by atoms with E-state index < -0.39 is 0 Å². The number of rotatable bonds is 1. The molecule has 1 aliphatic carbocycles. The first kappa shape index (κ1) is 10.5. The van der Waals surface area contributed by atoms with E-state index >= 15 is 0 Å². The molecular formula is C14H17N3. The van der Waals surface area contributed by atoms with Crippen molar-refractivity contribution in [3.8, 4) is 0 Å². The number of aryl methyl sites for hydroxylation is 1. The van der Waals surface area contributed by atoms with Crippen LogP contribution in [-0.4, -0.2) is 9.55 Å². The lowest BCUT2D eigenvalue weighted by atomic mass is 10.1. The summed E-state index contributed by atoms with van der Waals surface area (Å²) in [6.45, 7) is 4.15. The van der Waals surface area contributed by atoms with Crippen LogP contribution < -0.4 is 5.73 Å². The van der Waals surface area contributed by atoms with E-state index in [2.05, 4.69) is 40.7 Å². The zero-order chi connectivity index (χ0) is 12.0. The van der Waals surface area contributed by atoms with Gasteiger partial charge in [-0.1, -0.05) is 24.3 Å². The fraction of sp³-hybridized carbons (Fsp3) is 0.357. The summed E-state index contributed by atoms with van der Waals surface area (Å²) in [7, 11) is 0. The first-order valence-electron chi connectivity index (χ1n) is 6.02. The van der Waals surface area contributed by atoms with Gasteiger partial charge in [-0.05, 0) is 31.4 Å². The molecule has 17 heavy (non-hydrogen) atoms. The Hall–Kier alpha value is -1.61. The molecule has 1 aliphatic rings. The minimum atomic E-state index is 0.0819. The Labute approximate surface area is 101 Å². The Morgan fingerprint density at radius 1 is 1.29 bits per heavy atom. The van der Waals surface area contributed by atoms with E-state index in [4.69, 9.17) is 5.73 Å². The highest BCUT2D eigenvalue weighted by atomic mass is 15.1. The predicted molar refractivity (Wildman–Crippen MR) is 67.8 cm³/mol. The van der Waals surface area contributed by atoms with Gasteiger partial charge < -0.3 is 10.3 Å². The summed E-state index contributed by atoms with van der Waals surface area (Å²) in [6, 6.07) is 8.85. The highest BCUT2D eigenvalue weighted by Gasteiger charge is 2.31. The Morgan fingerprint density at radius 2 is 2.06 bits per heavy atom. The van der Waals surface area contributed by atoms with Gasteiger partial charge in [-0.15, -0.1) is 0 Å². The van der Waals surface area contributed by atoms with Crippen LogP contribution in [0, 0.1) is 13.8 Å². The largest absolute Gasteiger partial charge is 0.329 e. The van der Waals surface area contributed by atoms with Crippen molar-refractivity contribution in [2.75, 3.05) is 0 Å². The molecule has 1 aromatic carbocycles. The molecule has 0 spiro atoms. The van der Waals surface area contributed by atoms with Crippen LogP contribution in [0.2, 0.25) is 0 Å². The first-order valence-corrected chi connectivity index (χ1v) is 6.02. The summed E-state index contributed by atoms with van der Waals surface area (Å²) in [4.78, 5) is 4.37. The van der Waals surface area contributed by atoms with Gasteiger partial charge in [0.05, 0.1) is 24.1 Å². The SMILES string of the molecule is Cc1ncn(C2Cc3ccccc3C2N)c1C. The Balaban J connectivity index is 2.02. The maximum Gasteiger partial charge on any atom is 0.0954 e. The summed E-state index contributed by atoms with van der Waals surface area (Å²) in [6.07, 6.45) is 2.93. The van der Waals surface area contributed by atoms with Gasteiger partial charge >= 0.3 is 0 Å². The summed E-state index contributed by atoms with van der Waals surface area (Å²) in [5.41, 5.74) is 11.3. The monoisotopic (exact) mass is 227 g/mol. The lowest BCUT2D eigenvalue weighted by molar-refractivity contribution is 0.442. The number of aromatic nitrogens is 2. The normalized spacial score (nSPS) is 22.8. The van der Waals surface area contributed by atoms with Gasteiger partial charge in [0, 0.05) is 5.69 Å². The van der Waals surface area contributed by atoms with Crippen molar-refractivity contribution in [1.82, 2.24) is 9.55 Å². The molecule has 2 atom stereocenters. The fourth-order valence-electron chi connectivity index (χ4n) is 2.73. The number of benzene rings is 1. The van der Waals surface area contributed by atoms with Crippen LogP contribution in [0.15, 0.2) is 30.6 Å². The summed E-state index contributed by atoms with van der Waals surface area (Å²) in [5, 5.41) is 0. The van der Waals surface area contributed by atoms with E-state index in [9.17, 15) is 0 Å². The quantitative estimate of drug-likeness (QED) is 0.812. The molecule has 3 nitrogen and oxygen atoms in total. The third-order valence-electron chi connectivity index (χ3n) is 3.90. The Morgan fingerprint density at radius 3 is 2.71 bits per heavy atom. The summed E-state index contributed by atoms with van der Waals surface area (Å²) < 4.78 is 2.22. The second-order valence-electron chi connectivity index (χ2n) is 4.82. The number of hydrogen-bond donors (Lipinski definition) is 1. The van der Waals surface area contributed by atoms with Crippen LogP contribution in [0.25, 0.3) is 0 Å². The van der Waals surface area contributed by atoms with E-state index in [-0.39, 0.29) is 6.04 Å². The highest BCUT2D eigenvalue weighted by Crippen LogP contribution is 2.38. The Kier molecular flexibility index (Phi) is 2.30. The number of nitrogens with zero attached hydrogens (tertiary/aromatic N) is 2. The van der Waals surface area contributed by atoms with Crippen LogP contribution in [0.3, 0.4) is 0 Å². The minimum Gasteiger partial charge on any atom is -0.329 e. The van der Waals surface area contributed by atoms with Gasteiger partial charge in [-0.25, -0.2) is 4.98 Å². The van der Waals surface area contributed by atoms with Crippen molar-refractivity contribution < 1.29 is 0 Å². The molecule has 0 aliphatic heterocycles. The van der Waals surface area contributed by atoms with Gasteiger partial charge in [0.1, 0.15) is 0 Å². The molecule has 1 heterocycles. The second-order valence-corrected chi connectivity index (χ2v) is 4.82. The van der Waals surface area contributed by atoms with Crippen LogP contribution in [-0.2, 0) is 6.42 Å². The molecular weight excluding hydrogens is 210 g/mol. The van der Waals surface area contributed by atoms with Gasteiger partial charge in [-0.3, -0.25) is 0 Å². The average Bonchev–Trinajstić information content (AvgIpc) is 2.83. The van der Waals surface area contributed by atoms with Crippen LogP contribution in [0.4, 0.5) is 0 Å². The highest BCUT2D eigenvalue weighted by molar-refractivity contribution is 5.36. The Bertz CT molecular complexity index is 556. The average molecular weight is 227 g/mol. The van der Waals surface area contributed by atoms with Crippen molar-refractivity contribution in [2.24, 2.45) is 5.73 Å². The first-order chi connectivity index (χ1) is 8.18. The fourth-order valence-corrected chi connectivity index (χ4v) is 2.73. The summed E-state index contributed by atoms with van der Waals surface area (Å²) in [5.74, 6) is 0. The molecule has 0 amide bonds. The molecule has 88 valence electrons. The van der Waals surface area contributed by atoms with Gasteiger partial charge in [0.2, 0.25) is 0 Å². The third kappa shape index (κ3) is 1.50. The summed E-state index contributed by atoms with van der Waals surface area (Å²) >= 11 is 0. The number of nitrogens with two attached hydrogens (primary N) is 1. The van der Waals surface area contributed by atoms with Gasteiger partial charge in [0.15, 0.2) is 0 Å². The van der Waals surface area contributed by atoms with E-state index in [1.807, 2.05) is 13.3 Å². The maximum absolute atomic E-state index is 6.35. The zero-order valence-electron chi connectivity index (χ0n) is 10.2. The van der Waals surface area contributed by atoms with Crippen molar-refractivity contribution in [1.29, 1.82) is 0 Å². The lowest BCUT2D eigenvalue weighted by Crippen LogP contribution is -2.21. The van der Waals surface area contributed by atoms with Crippen LogP contribution in [0.5, 0.6) is 0 Å². The molecule has 3 rings (SSSR count). The molecule has 2 unspecified atom stereocenters. The lowest BCUT2D eigenvalue weighted by Gasteiger charge is -2.19. The van der Waals surface area contributed by atoms with Crippen molar-refractivity contribution >= 4 is 0 Å². The molecule has 0 saturated carbocycles. The van der Waals surface area contributed by atoms with Crippen molar-refractivity contribution in [2.45, 2.75) is 32.4 Å². The molecule has 2 N–H and O–H groups in total. The minimum absolute atomic E-state index is 0.0819. The number of imidazole rings is 1. The predicted octanol–water partition coefficient (Wildman–Crippen LogP) is 2.30. The second kappa shape index (κ2) is 3.70. The van der Waals surface area contributed by atoms with E-state index in [0.717, 1.165) is 12.1 Å². The topological polar surface area (TPSA) is 43.8 Å². The van der Waals surface area contributed by atoms with E-state index in [1.165, 1.54) is 16.8 Å². The van der Waals surface area contributed by atoms with Crippen molar-refractivity contribution in [3.05, 3.63) is 53.1 Å². The van der Waals surface area contributed by atoms with E-state index in [0.29, 0.717) is 6.04 Å². The molecule has 0 bridgehead atoms. The van der Waals surface area contributed by atoms with E-state index in [1.54, 1.807) is 0 Å². The number of fused-ring (bicyclic) bond motifs is 1.